The Morgan fingerprint density at radius 3 is 1.52 bits per heavy atom. The molecule has 0 aliphatic carbocycles. The Bertz CT molecular complexity index is 662. The van der Waals surface area contributed by atoms with Gasteiger partial charge in [0.25, 0.3) is 0 Å². The lowest BCUT2D eigenvalue weighted by atomic mass is 10.0. The number of nitrogens with one attached hydrogen (secondary N) is 3. The number of amides is 4. The number of carboxylic acids is 1. The Hall–Kier alpha value is -2.81. The Kier molecular flexibility index (Phi) is 15.3. The van der Waals surface area contributed by atoms with Gasteiger partial charge in [-0.25, -0.2) is 4.79 Å². The van der Waals surface area contributed by atoms with E-state index in [9.17, 15) is 29.1 Å². The monoisotopic (exact) mass is 475 g/mol. The lowest BCUT2D eigenvalue weighted by molar-refractivity contribution is -0.143. The molecule has 0 aromatic carbocycles. The molecule has 190 valence electrons. The molecule has 0 radical (unpaired) electrons. The summed E-state index contributed by atoms with van der Waals surface area (Å²) in [5.41, 5.74) is 21.5. The first kappa shape index (κ1) is 30.2. The minimum absolute atomic E-state index is 0.136. The van der Waals surface area contributed by atoms with E-state index in [1.54, 1.807) is 0 Å². The molecule has 14 heteroatoms. The highest BCUT2D eigenvalue weighted by Crippen LogP contribution is 2.06. The summed E-state index contributed by atoms with van der Waals surface area (Å²) in [7, 11) is 0. The lowest BCUT2D eigenvalue weighted by Crippen LogP contribution is -2.57. The number of carbonyl (C=O) groups is 5. The molecule has 4 unspecified atom stereocenters. The largest absolute Gasteiger partial charge is 0.480 e. The number of carbonyl (C=O) groups excluding carboxylic acids is 4. The smallest absolute Gasteiger partial charge is 0.326 e. The molecule has 13 N–H and O–H groups in total. The van der Waals surface area contributed by atoms with Gasteiger partial charge in [0.2, 0.25) is 23.6 Å². The fourth-order valence-corrected chi connectivity index (χ4v) is 2.83. The summed E-state index contributed by atoms with van der Waals surface area (Å²) < 4.78 is 0. The average Bonchev–Trinajstić information content (AvgIpc) is 2.76. The SMILES string of the molecule is NCCCCC(NC(=O)C(N)CO)C(=O)NC(CCCCN)C(=O)NC(CC(N)=O)C(=O)O. The number of aliphatic hydroxyl groups is 1. The van der Waals surface area contributed by atoms with Gasteiger partial charge in [-0.1, -0.05) is 0 Å². The van der Waals surface area contributed by atoms with Gasteiger partial charge in [-0.15, -0.1) is 0 Å². The maximum absolute atomic E-state index is 12.9. The van der Waals surface area contributed by atoms with Crippen LogP contribution in [0.3, 0.4) is 0 Å². The molecule has 14 nitrogen and oxygen atoms in total. The average molecular weight is 476 g/mol. The fraction of sp³-hybridized carbons (Fsp3) is 0.737. The van der Waals surface area contributed by atoms with E-state index in [4.69, 9.17) is 28.0 Å². The Balaban J connectivity index is 5.47. The highest BCUT2D eigenvalue weighted by atomic mass is 16.4. The number of aliphatic carboxylic acids is 1. The molecule has 0 rings (SSSR count). The summed E-state index contributed by atoms with van der Waals surface area (Å²) in [6.07, 6.45) is 1.78. The number of hydrogen-bond acceptors (Lipinski definition) is 9. The van der Waals surface area contributed by atoms with E-state index in [1.165, 1.54) is 0 Å². The third-order valence-electron chi connectivity index (χ3n) is 4.71. The van der Waals surface area contributed by atoms with Crippen molar-refractivity contribution in [3.05, 3.63) is 0 Å². The van der Waals surface area contributed by atoms with Crippen molar-refractivity contribution >= 4 is 29.6 Å². The minimum atomic E-state index is -1.56. The number of aliphatic hydroxyl groups excluding tert-OH is 1. The first-order valence-electron chi connectivity index (χ1n) is 10.8. The maximum atomic E-state index is 12.9. The minimum Gasteiger partial charge on any atom is -0.480 e. The van der Waals surface area contributed by atoms with E-state index in [-0.39, 0.29) is 12.8 Å². The second-order valence-electron chi connectivity index (χ2n) is 7.55. The Morgan fingerprint density at radius 2 is 1.15 bits per heavy atom. The van der Waals surface area contributed by atoms with Crippen LogP contribution in [0.1, 0.15) is 44.9 Å². The van der Waals surface area contributed by atoms with Crippen LogP contribution < -0.4 is 38.9 Å². The molecular weight excluding hydrogens is 438 g/mol. The van der Waals surface area contributed by atoms with Crippen LogP contribution in [0.2, 0.25) is 0 Å². The van der Waals surface area contributed by atoms with Gasteiger partial charge in [0.15, 0.2) is 0 Å². The van der Waals surface area contributed by atoms with Crippen molar-refractivity contribution in [2.24, 2.45) is 22.9 Å². The van der Waals surface area contributed by atoms with E-state index < -0.39 is 66.8 Å². The highest BCUT2D eigenvalue weighted by Gasteiger charge is 2.30. The molecular formula is C19H37N7O7. The first-order valence-corrected chi connectivity index (χ1v) is 10.8. The van der Waals surface area contributed by atoms with Crippen LogP contribution in [0.25, 0.3) is 0 Å². The van der Waals surface area contributed by atoms with Crippen molar-refractivity contribution in [2.45, 2.75) is 69.1 Å². The van der Waals surface area contributed by atoms with Crippen molar-refractivity contribution in [2.75, 3.05) is 19.7 Å². The van der Waals surface area contributed by atoms with E-state index >= 15 is 0 Å². The van der Waals surface area contributed by atoms with Gasteiger partial charge in [-0.05, 0) is 51.6 Å². The zero-order valence-electron chi connectivity index (χ0n) is 18.6. The summed E-state index contributed by atoms with van der Waals surface area (Å²) in [6, 6.07) is -5.01. The molecule has 0 heterocycles. The van der Waals surface area contributed by atoms with Gasteiger partial charge >= 0.3 is 5.97 Å². The van der Waals surface area contributed by atoms with Crippen LogP contribution in [-0.2, 0) is 24.0 Å². The van der Waals surface area contributed by atoms with Crippen LogP contribution in [0.5, 0.6) is 0 Å². The number of hydrogen-bond donors (Lipinski definition) is 9. The first-order chi connectivity index (χ1) is 15.6. The van der Waals surface area contributed by atoms with Crippen LogP contribution in [0.4, 0.5) is 0 Å². The number of carboxylic acid groups (broad SMARTS) is 1. The predicted molar refractivity (Wildman–Crippen MR) is 118 cm³/mol. The van der Waals surface area contributed by atoms with E-state index in [0.717, 1.165) is 0 Å². The summed E-state index contributed by atoms with van der Waals surface area (Å²) in [5.74, 6) is -4.65. The van der Waals surface area contributed by atoms with E-state index in [1.807, 2.05) is 0 Å². The summed E-state index contributed by atoms with van der Waals surface area (Å²) in [6.45, 7) is 0.0983. The second kappa shape index (κ2) is 16.8. The predicted octanol–water partition coefficient (Wildman–Crippen LogP) is -4.02. The van der Waals surface area contributed by atoms with Crippen molar-refractivity contribution in [3.63, 3.8) is 0 Å². The molecule has 0 fully saturated rings. The molecule has 0 aliphatic rings. The normalized spacial score (nSPS) is 14.4. The molecule has 0 spiro atoms. The van der Waals surface area contributed by atoms with E-state index in [2.05, 4.69) is 16.0 Å². The quantitative estimate of drug-likeness (QED) is 0.0866. The fourth-order valence-electron chi connectivity index (χ4n) is 2.83. The maximum Gasteiger partial charge on any atom is 0.326 e. The van der Waals surface area contributed by atoms with Crippen molar-refractivity contribution in [1.82, 2.24) is 16.0 Å². The topological polar surface area (TPSA) is 266 Å². The van der Waals surface area contributed by atoms with Gasteiger partial charge in [0.1, 0.15) is 24.2 Å². The molecule has 0 aromatic heterocycles. The number of unbranched alkanes of at least 4 members (excludes halogenated alkanes) is 2. The van der Waals surface area contributed by atoms with Gasteiger partial charge in [0.05, 0.1) is 13.0 Å². The third kappa shape index (κ3) is 12.7. The number of rotatable bonds is 18. The summed E-state index contributed by atoms with van der Waals surface area (Å²) >= 11 is 0. The number of nitrogens with two attached hydrogens (primary N) is 4. The lowest BCUT2D eigenvalue weighted by Gasteiger charge is -2.25. The van der Waals surface area contributed by atoms with Crippen LogP contribution in [0.15, 0.2) is 0 Å². The Labute approximate surface area is 192 Å². The molecule has 0 aliphatic heterocycles. The Morgan fingerprint density at radius 1 is 0.727 bits per heavy atom. The standard InChI is InChI=1S/C19H37N7O7/c20-7-3-1-5-12(24-16(29)11(22)10-27)17(30)25-13(6-2-4-8-21)18(31)26-14(19(32)33)9-15(23)28/h11-14,27H,1-10,20-22H2,(H2,23,28)(H,24,29)(H,25,30)(H,26,31)(H,32,33). The van der Waals surface area contributed by atoms with Crippen molar-refractivity contribution < 1.29 is 34.2 Å². The van der Waals surface area contributed by atoms with Crippen molar-refractivity contribution in [1.29, 1.82) is 0 Å². The third-order valence-corrected chi connectivity index (χ3v) is 4.71. The molecule has 0 saturated carbocycles. The van der Waals surface area contributed by atoms with Gasteiger partial charge < -0.3 is 49.1 Å². The van der Waals surface area contributed by atoms with Crippen LogP contribution in [0, 0.1) is 0 Å². The zero-order chi connectivity index (χ0) is 25.4. The second-order valence-corrected chi connectivity index (χ2v) is 7.55. The molecule has 4 amide bonds. The van der Waals surface area contributed by atoms with E-state index in [0.29, 0.717) is 38.8 Å². The molecule has 0 bridgehead atoms. The number of primary amides is 1. The molecule has 4 atom stereocenters. The highest BCUT2D eigenvalue weighted by molar-refractivity contribution is 5.94. The van der Waals surface area contributed by atoms with Gasteiger partial charge in [0, 0.05) is 0 Å². The summed E-state index contributed by atoms with van der Waals surface area (Å²) in [5, 5.41) is 25.4. The van der Waals surface area contributed by atoms with Crippen LogP contribution in [-0.4, -0.2) is 83.7 Å². The van der Waals surface area contributed by atoms with Crippen LogP contribution >= 0.6 is 0 Å². The van der Waals surface area contributed by atoms with Gasteiger partial charge in [-0.3, -0.25) is 19.2 Å². The molecule has 33 heavy (non-hydrogen) atoms. The molecule has 0 saturated heterocycles. The van der Waals surface area contributed by atoms with Gasteiger partial charge in [-0.2, -0.15) is 0 Å². The summed E-state index contributed by atoms with van der Waals surface area (Å²) in [4.78, 5) is 60.1. The zero-order valence-corrected chi connectivity index (χ0v) is 18.6. The molecule has 0 aromatic rings. The van der Waals surface area contributed by atoms with Crippen molar-refractivity contribution in [3.8, 4) is 0 Å².